The van der Waals surface area contributed by atoms with E-state index >= 15 is 0 Å². The molecule has 154 valence electrons. The molecule has 29 heavy (non-hydrogen) atoms. The quantitative estimate of drug-likeness (QED) is 0.706. The van der Waals surface area contributed by atoms with Gasteiger partial charge in [-0.3, -0.25) is 9.59 Å². The lowest BCUT2D eigenvalue weighted by Gasteiger charge is -2.31. The molecule has 0 unspecified atom stereocenters. The third-order valence-electron chi connectivity index (χ3n) is 5.28. The zero-order valence-electron chi connectivity index (χ0n) is 16.4. The maximum absolute atomic E-state index is 12.7. The van der Waals surface area contributed by atoms with E-state index in [-0.39, 0.29) is 17.3 Å². The molecule has 3 heterocycles. The van der Waals surface area contributed by atoms with Crippen LogP contribution in [0.4, 0.5) is 5.82 Å². The highest BCUT2D eigenvalue weighted by atomic mass is 32.2. The van der Waals surface area contributed by atoms with E-state index < -0.39 is 21.7 Å². The Kier molecular flexibility index (Phi) is 4.91. The molecule has 1 saturated heterocycles. The molecule has 2 aliphatic rings. The Balaban J connectivity index is 1.64. The van der Waals surface area contributed by atoms with Crippen LogP contribution in [0.3, 0.4) is 0 Å². The predicted octanol–water partition coefficient (Wildman–Crippen LogP) is 0.322. The lowest BCUT2D eigenvalue weighted by Crippen LogP contribution is -2.50. The van der Waals surface area contributed by atoms with Crippen molar-refractivity contribution in [3.63, 3.8) is 0 Å². The van der Waals surface area contributed by atoms with Crippen molar-refractivity contribution in [2.24, 2.45) is 0 Å². The van der Waals surface area contributed by atoms with Gasteiger partial charge in [0.2, 0.25) is 0 Å². The van der Waals surface area contributed by atoms with Crippen molar-refractivity contribution in [2.45, 2.75) is 18.4 Å². The number of anilines is 1. The molecule has 0 radical (unpaired) electrons. The molecular formula is C19H23N5O4S. The third kappa shape index (κ3) is 3.90. The second-order valence-electron chi connectivity index (χ2n) is 7.60. The minimum Gasteiger partial charge on any atom is -0.332 e. The van der Waals surface area contributed by atoms with Crippen molar-refractivity contribution < 1.29 is 18.0 Å². The second-order valence-corrected chi connectivity index (χ2v) is 9.67. The number of nitrogens with zero attached hydrogens (tertiary/aromatic N) is 4. The van der Waals surface area contributed by atoms with Gasteiger partial charge in [0, 0.05) is 31.7 Å². The first-order chi connectivity index (χ1) is 13.7. The zero-order chi connectivity index (χ0) is 20.8. The fourth-order valence-corrected chi connectivity index (χ4v) is 5.05. The Morgan fingerprint density at radius 2 is 1.69 bits per heavy atom. The molecule has 1 N–H and O–H groups in total. The number of aromatic nitrogens is 2. The van der Waals surface area contributed by atoms with Crippen molar-refractivity contribution in [1.29, 1.82) is 0 Å². The van der Waals surface area contributed by atoms with Crippen molar-refractivity contribution in [3.05, 3.63) is 41.1 Å². The minimum absolute atomic E-state index is 0.170. The van der Waals surface area contributed by atoms with Crippen LogP contribution in [0.15, 0.2) is 24.3 Å². The predicted molar refractivity (Wildman–Crippen MR) is 107 cm³/mol. The van der Waals surface area contributed by atoms with Gasteiger partial charge in [-0.1, -0.05) is 17.7 Å². The Labute approximate surface area is 169 Å². The topological polar surface area (TPSA) is 105 Å². The van der Waals surface area contributed by atoms with E-state index in [4.69, 9.17) is 0 Å². The van der Waals surface area contributed by atoms with Crippen molar-refractivity contribution >= 4 is 27.5 Å². The van der Waals surface area contributed by atoms with E-state index in [0.29, 0.717) is 43.1 Å². The van der Waals surface area contributed by atoms with Crippen LogP contribution >= 0.6 is 0 Å². The molecule has 2 aromatic rings. The molecule has 2 aliphatic heterocycles. The van der Waals surface area contributed by atoms with E-state index in [1.54, 1.807) is 0 Å². The molecule has 10 heteroatoms. The number of carbonyl (C=O) groups is 2. The van der Waals surface area contributed by atoms with Crippen LogP contribution in [-0.2, 0) is 30.9 Å². The Bertz CT molecular complexity index is 1070. The molecule has 0 aliphatic carbocycles. The van der Waals surface area contributed by atoms with Crippen LogP contribution in [0.2, 0.25) is 0 Å². The first kappa shape index (κ1) is 19.6. The normalized spacial score (nSPS) is 18.5. The number of likely N-dealkylation sites (N-methyl/N-ethyl adjacent to an activating group) is 1. The summed E-state index contributed by atoms with van der Waals surface area (Å²) in [5, 5.41) is 7.05. The van der Waals surface area contributed by atoms with Gasteiger partial charge in [-0.05, 0) is 26.1 Å². The Morgan fingerprint density at radius 1 is 1.03 bits per heavy atom. The molecular weight excluding hydrogens is 394 g/mol. The lowest BCUT2D eigenvalue weighted by atomic mass is 10.2. The molecule has 1 fully saturated rings. The van der Waals surface area contributed by atoms with Crippen LogP contribution in [0.1, 0.15) is 16.8 Å². The number of benzene rings is 1. The largest absolute Gasteiger partial charge is 0.332 e. The average Bonchev–Trinajstić information content (AvgIpc) is 3.15. The van der Waals surface area contributed by atoms with Gasteiger partial charge in [0.15, 0.2) is 9.84 Å². The van der Waals surface area contributed by atoms with Gasteiger partial charge in [-0.25, -0.2) is 13.1 Å². The number of rotatable bonds is 2. The van der Waals surface area contributed by atoms with Crippen molar-refractivity contribution in [2.75, 3.05) is 38.5 Å². The van der Waals surface area contributed by atoms with E-state index in [9.17, 15) is 18.0 Å². The first-order valence-corrected chi connectivity index (χ1v) is 11.2. The molecule has 9 nitrogen and oxygen atoms in total. The van der Waals surface area contributed by atoms with Crippen LogP contribution in [0.25, 0.3) is 5.69 Å². The Hall–Kier alpha value is -2.72. The molecule has 2 amide bonds. The lowest BCUT2D eigenvalue weighted by molar-refractivity contribution is -0.144. The SMILES string of the molecule is Cc1ccc(-n2nc3c(c2NC(=O)C(=O)N2CCN(C)CC2)CS(=O)(=O)C3)cc1. The van der Waals surface area contributed by atoms with E-state index in [2.05, 4.69) is 15.3 Å². The molecule has 0 spiro atoms. The summed E-state index contributed by atoms with van der Waals surface area (Å²) in [5.74, 6) is -1.53. The van der Waals surface area contributed by atoms with Gasteiger partial charge in [0.05, 0.1) is 22.9 Å². The number of sulfone groups is 1. The number of aryl methyl sites for hydroxylation is 1. The summed E-state index contributed by atoms with van der Waals surface area (Å²) in [6.07, 6.45) is 0. The summed E-state index contributed by atoms with van der Waals surface area (Å²) in [7, 11) is -1.34. The highest BCUT2D eigenvalue weighted by molar-refractivity contribution is 7.90. The van der Waals surface area contributed by atoms with Gasteiger partial charge >= 0.3 is 11.8 Å². The van der Waals surface area contributed by atoms with Gasteiger partial charge < -0.3 is 15.1 Å². The summed E-state index contributed by atoms with van der Waals surface area (Å²) >= 11 is 0. The van der Waals surface area contributed by atoms with E-state index in [0.717, 1.165) is 5.56 Å². The van der Waals surface area contributed by atoms with Gasteiger partial charge in [-0.2, -0.15) is 5.10 Å². The maximum atomic E-state index is 12.7. The summed E-state index contributed by atoms with van der Waals surface area (Å²) in [5.41, 5.74) is 2.61. The van der Waals surface area contributed by atoms with E-state index in [1.807, 2.05) is 38.2 Å². The van der Waals surface area contributed by atoms with Crippen molar-refractivity contribution in [1.82, 2.24) is 19.6 Å². The van der Waals surface area contributed by atoms with Crippen LogP contribution in [0.5, 0.6) is 0 Å². The number of carbonyl (C=O) groups excluding carboxylic acids is 2. The molecule has 1 aromatic heterocycles. The smallest absolute Gasteiger partial charge is 0.315 e. The fraction of sp³-hybridized carbons (Fsp3) is 0.421. The zero-order valence-corrected chi connectivity index (χ0v) is 17.2. The standard InChI is InChI=1S/C19H23N5O4S/c1-13-3-5-14(6-4-13)24-17(15-11-29(27,28)12-16(15)21-24)20-18(25)19(26)23-9-7-22(2)8-10-23/h3-6H,7-12H2,1-2H3,(H,20,25). The molecule has 0 bridgehead atoms. The van der Waals surface area contributed by atoms with Crippen molar-refractivity contribution in [3.8, 4) is 5.69 Å². The van der Waals surface area contributed by atoms with Crippen LogP contribution in [0, 0.1) is 6.92 Å². The van der Waals surface area contributed by atoms with E-state index in [1.165, 1.54) is 9.58 Å². The molecule has 1 aromatic carbocycles. The van der Waals surface area contributed by atoms with Crippen LogP contribution in [-0.4, -0.2) is 73.0 Å². The average molecular weight is 417 g/mol. The highest BCUT2D eigenvalue weighted by Gasteiger charge is 2.34. The first-order valence-electron chi connectivity index (χ1n) is 9.40. The fourth-order valence-electron chi connectivity index (χ4n) is 3.56. The Morgan fingerprint density at radius 3 is 2.34 bits per heavy atom. The summed E-state index contributed by atoms with van der Waals surface area (Å²) in [6.45, 7) is 4.32. The number of hydrogen-bond donors (Lipinski definition) is 1. The third-order valence-corrected chi connectivity index (χ3v) is 6.72. The summed E-state index contributed by atoms with van der Waals surface area (Å²) < 4.78 is 25.6. The highest BCUT2D eigenvalue weighted by Crippen LogP contribution is 2.33. The second kappa shape index (κ2) is 7.27. The monoisotopic (exact) mass is 417 g/mol. The number of piperazine rings is 1. The number of hydrogen-bond acceptors (Lipinski definition) is 6. The molecule has 0 atom stereocenters. The van der Waals surface area contributed by atoms with Crippen LogP contribution < -0.4 is 5.32 Å². The summed E-state index contributed by atoms with van der Waals surface area (Å²) in [4.78, 5) is 28.9. The molecule has 4 rings (SSSR count). The number of fused-ring (bicyclic) bond motifs is 1. The summed E-state index contributed by atoms with van der Waals surface area (Å²) in [6, 6.07) is 7.48. The maximum Gasteiger partial charge on any atom is 0.315 e. The van der Waals surface area contributed by atoms with Gasteiger partial charge in [-0.15, -0.1) is 0 Å². The minimum atomic E-state index is -3.30. The number of nitrogens with one attached hydrogen (secondary N) is 1. The number of amides is 2. The van der Waals surface area contributed by atoms with Gasteiger partial charge in [0.25, 0.3) is 0 Å². The molecule has 0 saturated carbocycles. The van der Waals surface area contributed by atoms with Gasteiger partial charge in [0.1, 0.15) is 5.82 Å².